The molecule has 0 atom stereocenters. The molecule has 0 unspecified atom stereocenters. The summed E-state index contributed by atoms with van der Waals surface area (Å²) >= 11 is 6.03. The van der Waals surface area contributed by atoms with Gasteiger partial charge in [-0.3, -0.25) is 4.79 Å². The van der Waals surface area contributed by atoms with Crippen LogP contribution in [0.25, 0.3) is 5.69 Å². The maximum atomic E-state index is 11.2. The van der Waals surface area contributed by atoms with Gasteiger partial charge in [0.25, 0.3) is 0 Å². The smallest absolute Gasteiger partial charge is 0.162 e. The molecule has 1 aromatic heterocycles. The number of benzene rings is 1. The average Bonchev–Trinajstić information content (AvgIpc) is 2.71. The summed E-state index contributed by atoms with van der Waals surface area (Å²) in [6.07, 6.45) is 3.27. The van der Waals surface area contributed by atoms with E-state index in [1.165, 1.54) is 6.92 Å². The highest BCUT2D eigenvalue weighted by molar-refractivity contribution is 6.31. The minimum Gasteiger partial charge on any atom is -0.294 e. The minimum atomic E-state index is 0.00549. The fourth-order valence-electron chi connectivity index (χ4n) is 1.48. The van der Waals surface area contributed by atoms with E-state index in [9.17, 15) is 4.79 Å². The van der Waals surface area contributed by atoms with Crippen LogP contribution in [0.15, 0.2) is 30.6 Å². The van der Waals surface area contributed by atoms with E-state index < -0.39 is 0 Å². The molecule has 1 heterocycles. The zero-order valence-electron chi connectivity index (χ0n) is 9.07. The van der Waals surface area contributed by atoms with Crippen molar-refractivity contribution in [3.8, 4) is 5.69 Å². The maximum Gasteiger partial charge on any atom is 0.162 e. The lowest BCUT2D eigenvalue weighted by Gasteiger charge is -2.06. The van der Waals surface area contributed by atoms with Gasteiger partial charge in [0.15, 0.2) is 5.78 Å². The largest absolute Gasteiger partial charge is 0.294 e. The molecule has 0 aliphatic rings. The fraction of sp³-hybridized carbons (Fsp3) is 0.167. The summed E-state index contributed by atoms with van der Waals surface area (Å²) in [6, 6.07) is 5.60. The lowest BCUT2D eigenvalue weighted by Crippen LogP contribution is -1.97. The molecule has 0 amide bonds. The highest BCUT2D eigenvalue weighted by atomic mass is 35.5. The summed E-state index contributed by atoms with van der Waals surface area (Å²) in [5, 5.41) is 4.84. The number of hydrogen-bond donors (Lipinski definition) is 0. The highest BCUT2D eigenvalue weighted by Crippen LogP contribution is 2.21. The van der Waals surface area contributed by atoms with Gasteiger partial charge in [-0.15, -0.1) is 0 Å². The van der Waals surface area contributed by atoms with Crippen LogP contribution in [0, 0.1) is 6.92 Å². The van der Waals surface area contributed by atoms with Crippen LogP contribution < -0.4 is 0 Å². The molecular weight excluding hydrogens is 224 g/mol. The quantitative estimate of drug-likeness (QED) is 0.749. The standard InChI is InChI=1S/C12H11ClN2O/c1-8-11(13)4-3-5-12(8)15-7-10(6-14-15)9(2)16/h3-7H,1-2H3. The van der Waals surface area contributed by atoms with Crippen LogP contribution in [-0.4, -0.2) is 15.6 Å². The van der Waals surface area contributed by atoms with E-state index in [2.05, 4.69) is 5.10 Å². The van der Waals surface area contributed by atoms with Crippen molar-refractivity contribution in [1.29, 1.82) is 0 Å². The number of ketones is 1. The van der Waals surface area contributed by atoms with E-state index in [0.717, 1.165) is 11.3 Å². The van der Waals surface area contributed by atoms with Crippen molar-refractivity contribution in [1.82, 2.24) is 9.78 Å². The summed E-state index contributed by atoms with van der Waals surface area (Å²) in [7, 11) is 0. The number of rotatable bonds is 2. The summed E-state index contributed by atoms with van der Waals surface area (Å²) < 4.78 is 1.66. The number of hydrogen-bond acceptors (Lipinski definition) is 2. The summed E-state index contributed by atoms with van der Waals surface area (Å²) in [6.45, 7) is 3.44. The van der Waals surface area contributed by atoms with Crippen LogP contribution in [0.4, 0.5) is 0 Å². The number of Topliss-reactive ketones (excluding diaryl/α,β-unsaturated/α-hetero) is 1. The minimum absolute atomic E-state index is 0.00549. The molecule has 1 aromatic carbocycles. The second-order valence-electron chi connectivity index (χ2n) is 3.61. The van der Waals surface area contributed by atoms with E-state index in [0.29, 0.717) is 10.6 Å². The van der Waals surface area contributed by atoms with Gasteiger partial charge >= 0.3 is 0 Å². The zero-order chi connectivity index (χ0) is 11.7. The van der Waals surface area contributed by atoms with Crippen LogP contribution in [-0.2, 0) is 0 Å². The number of nitrogens with zero attached hydrogens (tertiary/aromatic N) is 2. The third-order valence-electron chi connectivity index (χ3n) is 2.48. The Hall–Kier alpha value is -1.61. The Morgan fingerprint density at radius 2 is 2.19 bits per heavy atom. The van der Waals surface area contributed by atoms with Gasteiger partial charge in [0.05, 0.1) is 17.4 Å². The van der Waals surface area contributed by atoms with Gasteiger partial charge in [-0.1, -0.05) is 17.7 Å². The topological polar surface area (TPSA) is 34.9 Å². The first kappa shape index (κ1) is 10.9. The molecule has 4 heteroatoms. The van der Waals surface area contributed by atoms with Crippen LogP contribution in [0.3, 0.4) is 0 Å². The second kappa shape index (κ2) is 4.10. The Bertz CT molecular complexity index is 546. The van der Waals surface area contributed by atoms with Crippen molar-refractivity contribution >= 4 is 17.4 Å². The molecular formula is C12H11ClN2O. The first-order chi connectivity index (χ1) is 7.59. The monoisotopic (exact) mass is 234 g/mol. The van der Waals surface area contributed by atoms with Crippen LogP contribution >= 0.6 is 11.6 Å². The molecule has 0 fully saturated rings. The number of carbonyl (C=O) groups excluding carboxylic acids is 1. The Morgan fingerprint density at radius 1 is 1.44 bits per heavy atom. The van der Waals surface area contributed by atoms with Crippen LogP contribution in [0.5, 0.6) is 0 Å². The molecule has 0 radical (unpaired) electrons. The van der Waals surface area contributed by atoms with Gasteiger partial charge in [-0.25, -0.2) is 4.68 Å². The van der Waals surface area contributed by atoms with Crippen LogP contribution in [0.1, 0.15) is 22.8 Å². The highest BCUT2D eigenvalue weighted by Gasteiger charge is 2.07. The van der Waals surface area contributed by atoms with Gasteiger partial charge in [-0.05, 0) is 31.5 Å². The third-order valence-corrected chi connectivity index (χ3v) is 2.88. The normalized spacial score (nSPS) is 10.4. The lowest BCUT2D eigenvalue weighted by atomic mass is 10.2. The predicted octanol–water partition coefficient (Wildman–Crippen LogP) is 3.04. The van der Waals surface area contributed by atoms with Gasteiger partial charge in [0.1, 0.15) is 0 Å². The Balaban J connectivity index is 2.50. The molecule has 0 saturated heterocycles. The van der Waals surface area contributed by atoms with E-state index >= 15 is 0 Å². The van der Waals surface area contributed by atoms with E-state index in [4.69, 9.17) is 11.6 Å². The molecule has 82 valence electrons. The van der Waals surface area contributed by atoms with Gasteiger partial charge < -0.3 is 0 Å². The fourth-order valence-corrected chi connectivity index (χ4v) is 1.65. The van der Waals surface area contributed by atoms with Crippen molar-refractivity contribution in [3.63, 3.8) is 0 Å². The van der Waals surface area contributed by atoms with E-state index in [1.807, 2.05) is 25.1 Å². The zero-order valence-corrected chi connectivity index (χ0v) is 9.82. The first-order valence-corrected chi connectivity index (χ1v) is 5.28. The van der Waals surface area contributed by atoms with Crippen molar-refractivity contribution in [2.24, 2.45) is 0 Å². The second-order valence-corrected chi connectivity index (χ2v) is 4.02. The van der Waals surface area contributed by atoms with E-state index in [1.54, 1.807) is 17.1 Å². The SMILES string of the molecule is CC(=O)c1cnn(-c2cccc(Cl)c2C)c1. The molecule has 0 bridgehead atoms. The summed E-state index contributed by atoms with van der Waals surface area (Å²) in [4.78, 5) is 11.2. The Kier molecular flexibility index (Phi) is 2.79. The van der Waals surface area contributed by atoms with Crippen molar-refractivity contribution in [2.75, 3.05) is 0 Å². The maximum absolute atomic E-state index is 11.2. The third kappa shape index (κ3) is 1.86. The first-order valence-electron chi connectivity index (χ1n) is 4.90. The van der Waals surface area contributed by atoms with Crippen molar-refractivity contribution < 1.29 is 4.79 Å². The summed E-state index contributed by atoms with van der Waals surface area (Å²) in [5.41, 5.74) is 2.43. The summed E-state index contributed by atoms with van der Waals surface area (Å²) in [5.74, 6) is 0.00549. The van der Waals surface area contributed by atoms with Gasteiger partial charge in [0, 0.05) is 11.2 Å². The van der Waals surface area contributed by atoms with Gasteiger partial charge in [0.2, 0.25) is 0 Å². The molecule has 3 nitrogen and oxygen atoms in total. The molecule has 0 saturated carbocycles. The van der Waals surface area contributed by atoms with Crippen molar-refractivity contribution in [2.45, 2.75) is 13.8 Å². The predicted molar refractivity (Wildman–Crippen MR) is 63.3 cm³/mol. The molecule has 2 rings (SSSR count). The number of carbonyl (C=O) groups is 1. The number of aromatic nitrogens is 2. The number of halogens is 1. The molecule has 0 aliphatic carbocycles. The Morgan fingerprint density at radius 3 is 2.81 bits per heavy atom. The van der Waals surface area contributed by atoms with Crippen molar-refractivity contribution in [3.05, 3.63) is 46.7 Å². The average molecular weight is 235 g/mol. The molecule has 0 aliphatic heterocycles. The Labute approximate surface area is 98.7 Å². The van der Waals surface area contributed by atoms with Gasteiger partial charge in [-0.2, -0.15) is 5.10 Å². The van der Waals surface area contributed by atoms with E-state index in [-0.39, 0.29) is 5.78 Å². The molecule has 16 heavy (non-hydrogen) atoms. The lowest BCUT2D eigenvalue weighted by molar-refractivity contribution is 0.101. The molecule has 2 aromatic rings. The van der Waals surface area contributed by atoms with Crippen LogP contribution in [0.2, 0.25) is 5.02 Å². The molecule has 0 spiro atoms. The molecule has 0 N–H and O–H groups in total.